The zero-order valence-electron chi connectivity index (χ0n) is 6.00. The maximum absolute atomic E-state index is 5.13. The van der Waals surface area contributed by atoms with Gasteiger partial charge in [0.05, 0.1) is 0 Å². The van der Waals surface area contributed by atoms with Crippen molar-refractivity contribution in [3.63, 3.8) is 0 Å². The Kier molecular flexibility index (Phi) is 1.58. The number of nitrogens with zero attached hydrogens (tertiary/aromatic N) is 1. The van der Waals surface area contributed by atoms with Crippen LogP contribution in [0.3, 0.4) is 0 Å². The van der Waals surface area contributed by atoms with Gasteiger partial charge in [0.25, 0.3) is 0 Å². The highest BCUT2D eigenvalue weighted by atomic mass is 32.1. The minimum atomic E-state index is 0.877. The molecule has 0 saturated carbocycles. The predicted octanol–water partition coefficient (Wildman–Crippen LogP) is 0.548. The van der Waals surface area contributed by atoms with E-state index >= 15 is 0 Å². The van der Waals surface area contributed by atoms with E-state index in [4.69, 9.17) is 12.2 Å². The summed E-state index contributed by atoms with van der Waals surface area (Å²) in [5.41, 5.74) is 0.934. The standard InChI is InChI=1S/C8H8N2S/c11-7-3-5-10-8-6(7)2-1-4-9-8/h2-3,5H,1,4H2,(H,9,10). The zero-order chi connectivity index (χ0) is 7.68. The summed E-state index contributed by atoms with van der Waals surface area (Å²) in [5, 5.41) is 1.09. The quantitative estimate of drug-likeness (QED) is 0.557. The van der Waals surface area contributed by atoms with E-state index in [-0.39, 0.29) is 0 Å². The number of fused-ring (bicyclic) bond motifs is 1. The molecule has 56 valence electrons. The van der Waals surface area contributed by atoms with Crippen molar-refractivity contribution < 1.29 is 0 Å². The second-order valence-electron chi connectivity index (χ2n) is 2.48. The first-order chi connectivity index (χ1) is 5.38. The first-order valence-electron chi connectivity index (χ1n) is 3.60. The molecule has 1 aromatic heterocycles. The van der Waals surface area contributed by atoms with Crippen molar-refractivity contribution in [2.45, 2.75) is 6.42 Å². The van der Waals surface area contributed by atoms with Crippen LogP contribution in [0.1, 0.15) is 6.42 Å². The second kappa shape index (κ2) is 2.58. The Hall–Kier alpha value is -0.960. The average molecular weight is 164 g/mol. The summed E-state index contributed by atoms with van der Waals surface area (Å²) in [6.45, 7) is 0.877. The van der Waals surface area contributed by atoms with Crippen LogP contribution in [0.15, 0.2) is 17.3 Å². The summed E-state index contributed by atoms with van der Waals surface area (Å²) in [7, 11) is 0. The zero-order valence-corrected chi connectivity index (χ0v) is 6.82. The van der Waals surface area contributed by atoms with Crippen molar-refractivity contribution in [3.8, 4) is 0 Å². The van der Waals surface area contributed by atoms with E-state index in [1.807, 2.05) is 12.3 Å². The Morgan fingerprint density at radius 2 is 2.45 bits per heavy atom. The van der Waals surface area contributed by atoms with E-state index in [2.05, 4.69) is 16.1 Å². The Labute approximate surface area is 69.3 Å². The van der Waals surface area contributed by atoms with Crippen molar-refractivity contribution in [2.75, 3.05) is 6.54 Å². The Balaban J connectivity index is 3.00. The van der Waals surface area contributed by atoms with Gasteiger partial charge in [-0.05, 0) is 12.5 Å². The van der Waals surface area contributed by atoms with Crippen LogP contribution in [0.5, 0.6) is 0 Å². The van der Waals surface area contributed by atoms with E-state index in [1.165, 1.54) is 0 Å². The molecule has 1 N–H and O–H groups in total. The van der Waals surface area contributed by atoms with Crippen LogP contribution in [0.25, 0.3) is 6.08 Å². The molecule has 0 aliphatic carbocycles. The van der Waals surface area contributed by atoms with Gasteiger partial charge in [-0.1, -0.05) is 18.3 Å². The van der Waals surface area contributed by atoms with Crippen LogP contribution in [0.2, 0.25) is 0 Å². The number of rotatable bonds is 0. The number of H-pyrrole nitrogens is 1. The lowest BCUT2D eigenvalue weighted by Gasteiger charge is -1.97. The molecule has 1 aromatic rings. The van der Waals surface area contributed by atoms with Gasteiger partial charge >= 0.3 is 0 Å². The van der Waals surface area contributed by atoms with Crippen LogP contribution in [-0.4, -0.2) is 11.5 Å². The van der Waals surface area contributed by atoms with Gasteiger partial charge in [-0.25, -0.2) is 0 Å². The van der Waals surface area contributed by atoms with E-state index in [0.29, 0.717) is 0 Å². The number of nitrogens with one attached hydrogen (secondary N) is 1. The molecule has 11 heavy (non-hydrogen) atoms. The van der Waals surface area contributed by atoms with Gasteiger partial charge in [0, 0.05) is 22.5 Å². The molecular weight excluding hydrogens is 156 g/mol. The Morgan fingerprint density at radius 3 is 3.27 bits per heavy atom. The first kappa shape index (κ1) is 6.73. The number of hydrogen-bond donors (Lipinski definition) is 1. The fourth-order valence-electron chi connectivity index (χ4n) is 1.19. The smallest absolute Gasteiger partial charge is 0.133 e. The van der Waals surface area contributed by atoms with Gasteiger partial charge < -0.3 is 4.98 Å². The topological polar surface area (TPSA) is 28.1 Å². The molecule has 0 unspecified atom stereocenters. The van der Waals surface area contributed by atoms with Crippen molar-refractivity contribution in [3.05, 3.63) is 27.5 Å². The molecule has 0 fully saturated rings. The van der Waals surface area contributed by atoms with Gasteiger partial charge in [-0.3, -0.25) is 4.99 Å². The van der Waals surface area contributed by atoms with E-state index < -0.39 is 0 Å². The fourth-order valence-corrected chi connectivity index (χ4v) is 1.44. The van der Waals surface area contributed by atoms with Crippen LogP contribution in [0.4, 0.5) is 0 Å². The highest BCUT2D eigenvalue weighted by Gasteiger charge is 1.93. The largest absolute Gasteiger partial charge is 0.346 e. The summed E-state index contributed by atoms with van der Waals surface area (Å²) in [6.07, 6.45) is 4.99. The first-order valence-corrected chi connectivity index (χ1v) is 4.01. The van der Waals surface area contributed by atoms with Crippen molar-refractivity contribution in [1.29, 1.82) is 0 Å². The summed E-state index contributed by atoms with van der Waals surface area (Å²) in [5.74, 6) is 0. The van der Waals surface area contributed by atoms with E-state index in [1.54, 1.807) is 0 Å². The predicted molar refractivity (Wildman–Crippen MR) is 46.4 cm³/mol. The number of hydrogen-bond acceptors (Lipinski definition) is 2. The third-order valence-corrected chi connectivity index (χ3v) is 2.08. The number of aromatic nitrogens is 1. The highest BCUT2D eigenvalue weighted by molar-refractivity contribution is 7.71. The molecule has 0 atom stereocenters. The fraction of sp³-hybridized carbons (Fsp3) is 0.250. The molecule has 0 radical (unpaired) electrons. The molecule has 3 heteroatoms. The summed E-state index contributed by atoms with van der Waals surface area (Å²) in [4.78, 5) is 7.37. The van der Waals surface area contributed by atoms with Gasteiger partial charge in [-0.15, -0.1) is 0 Å². The SMILES string of the molecule is S=c1cc[nH]c2c1=CCCN=2. The minimum absolute atomic E-state index is 0.877. The summed E-state index contributed by atoms with van der Waals surface area (Å²) < 4.78 is 0.891. The summed E-state index contributed by atoms with van der Waals surface area (Å²) in [6, 6.07) is 1.89. The van der Waals surface area contributed by atoms with Crippen LogP contribution >= 0.6 is 12.2 Å². The molecule has 2 rings (SSSR count). The normalized spacial score (nSPS) is 14.5. The third-order valence-electron chi connectivity index (χ3n) is 1.72. The molecular formula is C8H8N2S. The second-order valence-corrected chi connectivity index (χ2v) is 2.92. The van der Waals surface area contributed by atoms with Crippen molar-refractivity contribution in [2.24, 2.45) is 4.99 Å². The maximum Gasteiger partial charge on any atom is 0.133 e. The van der Waals surface area contributed by atoms with Crippen LogP contribution in [-0.2, 0) is 0 Å². The highest BCUT2D eigenvalue weighted by Crippen LogP contribution is 1.86. The molecule has 0 aromatic carbocycles. The lowest BCUT2D eigenvalue weighted by molar-refractivity contribution is 0.916. The lowest BCUT2D eigenvalue weighted by Crippen LogP contribution is -2.31. The van der Waals surface area contributed by atoms with Crippen LogP contribution in [0, 0.1) is 4.51 Å². The maximum atomic E-state index is 5.13. The Morgan fingerprint density at radius 1 is 1.55 bits per heavy atom. The summed E-state index contributed by atoms with van der Waals surface area (Å²) >= 11 is 5.13. The van der Waals surface area contributed by atoms with Gasteiger partial charge in [0.15, 0.2) is 0 Å². The van der Waals surface area contributed by atoms with Gasteiger partial charge in [0.1, 0.15) is 5.49 Å². The molecule has 1 aliphatic heterocycles. The van der Waals surface area contributed by atoms with Gasteiger partial charge in [-0.2, -0.15) is 0 Å². The monoisotopic (exact) mass is 164 g/mol. The molecule has 0 spiro atoms. The van der Waals surface area contributed by atoms with Crippen LogP contribution < -0.4 is 10.7 Å². The molecule has 0 amide bonds. The molecule has 0 bridgehead atoms. The van der Waals surface area contributed by atoms with E-state index in [0.717, 1.165) is 28.2 Å². The van der Waals surface area contributed by atoms with E-state index in [9.17, 15) is 0 Å². The Bertz CT molecular complexity index is 430. The van der Waals surface area contributed by atoms with Crippen molar-refractivity contribution >= 4 is 18.3 Å². The molecule has 2 heterocycles. The molecule has 2 nitrogen and oxygen atoms in total. The third kappa shape index (κ3) is 1.12. The molecule has 1 aliphatic rings. The molecule has 0 saturated heterocycles. The number of pyridine rings is 1. The minimum Gasteiger partial charge on any atom is -0.346 e. The number of aromatic amines is 1. The van der Waals surface area contributed by atoms with Gasteiger partial charge in [0.2, 0.25) is 0 Å². The van der Waals surface area contributed by atoms with Crippen molar-refractivity contribution in [1.82, 2.24) is 4.98 Å². The lowest BCUT2D eigenvalue weighted by atomic mass is 10.2. The average Bonchev–Trinajstić information content (AvgIpc) is 2.06.